The van der Waals surface area contributed by atoms with Gasteiger partial charge in [-0.05, 0) is 36.8 Å². The molecule has 28 heavy (non-hydrogen) atoms. The van der Waals surface area contributed by atoms with E-state index in [4.69, 9.17) is 9.73 Å². The minimum Gasteiger partial charge on any atom is -0.423 e. The number of hydrogen-bond acceptors (Lipinski definition) is 3. The standard InChI is InChI=1S/C22H18BrN3O2/c1-15(16-7-3-2-4-8-16)28-22(27)25-21-20(17-10-12-18(23)13-11-17)24-19-9-5-6-14-26(19)21/h2-15,19H,1H3/p+1/t15-,19?/m1/s1. The molecule has 1 amide bonds. The van der Waals surface area contributed by atoms with Gasteiger partial charge in [0, 0.05) is 10.0 Å². The van der Waals surface area contributed by atoms with E-state index in [0.717, 1.165) is 21.3 Å². The average Bonchev–Trinajstić information content (AvgIpc) is 3.07. The summed E-state index contributed by atoms with van der Waals surface area (Å²) in [6.45, 7) is 1.85. The van der Waals surface area contributed by atoms with Crippen molar-refractivity contribution >= 4 is 33.6 Å². The number of nitrogens with one attached hydrogen (secondary N) is 1. The minimum atomic E-state index is -0.514. The number of allylic oxidation sites excluding steroid dienone is 2. The van der Waals surface area contributed by atoms with Crippen molar-refractivity contribution in [2.75, 3.05) is 0 Å². The maximum atomic E-state index is 12.6. The van der Waals surface area contributed by atoms with Gasteiger partial charge in [0.25, 0.3) is 0 Å². The zero-order valence-electron chi connectivity index (χ0n) is 15.2. The number of fused-ring (bicyclic) bond motifs is 1. The first-order valence-corrected chi connectivity index (χ1v) is 9.78. The summed E-state index contributed by atoms with van der Waals surface area (Å²) in [4.78, 5) is 17.4. The Bertz CT molecular complexity index is 1010. The summed E-state index contributed by atoms with van der Waals surface area (Å²) >= 11 is 3.45. The molecule has 6 heteroatoms. The van der Waals surface area contributed by atoms with Crippen LogP contribution in [0, 0.1) is 0 Å². The molecule has 0 saturated heterocycles. The molecule has 2 atom stereocenters. The van der Waals surface area contributed by atoms with Crippen molar-refractivity contribution in [1.29, 1.82) is 0 Å². The van der Waals surface area contributed by atoms with E-state index >= 15 is 0 Å². The van der Waals surface area contributed by atoms with E-state index < -0.39 is 6.09 Å². The first-order chi connectivity index (χ1) is 13.6. The molecule has 0 saturated carbocycles. The normalized spacial score (nSPS) is 18.5. The lowest BCUT2D eigenvalue weighted by atomic mass is 10.1. The molecule has 2 aliphatic rings. The number of hydrogen-bond donors (Lipinski definition) is 1. The Hall–Kier alpha value is -2.99. The van der Waals surface area contributed by atoms with E-state index in [1.165, 1.54) is 0 Å². The molecule has 0 aromatic heterocycles. The molecule has 2 aliphatic heterocycles. The Morgan fingerprint density at radius 3 is 2.64 bits per heavy atom. The summed E-state index contributed by atoms with van der Waals surface area (Å²) in [5.74, 6) is 0.609. The summed E-state index contributed by atoms with van der Waals surface area (Å²) in [6.07, 6.45) is 6.69. The van der Waals surface area contributed by atoms with E-state index in [1.807, 2.05) is 90.5 Å². The van der Waals surface area contributed by atoms with Crippen molar-refractivity contribution in [3.8, 4) is 0 Å². The molecule has 0 bridgehead atoms. The number of halogens is 1. The maximum Gasteiger partial charge on any atom is 0.505 e. The smallest absolute Gasteiger partial charge is 0.423 e. The van der Waals surface area contributed by atoms with Gasteiger partial charge in [-0.1, -0.05) is 64.5 Å². The average molecular weight is 437 g/mol. The summed E-state index contributed by atoms with van der Waals surface area (Å²) in [7, 11) is 0. The van der Waals surface area contributed by atoms with Gasteiger partial charge in [0.15, 0.2) is 5.71 Å². The van der Waals surface area contributed by atoms with Gasteiger partial charge in [-0.3, -0.25) is 0 Å². The van der Waals surface area contributed by atoms with E-state index in [1.54, 1.807) is 0 Å². The highest BCUT2D eigenvalue weighted by Crippen LogP contribution is 2.19. The van der Waals surface area contributed by atoms with Crippen molar-refractivity contribution in [2.24, 2.45) is 4.99 Å². The molecule has 140 valence electrons. The molecule has 1 N–H and O–H groups in total. The Labute approximate surface area is 171 Å². The quantitative estimate of drug-likeness (QED) is 0.716. The number of amidine groups is 1. The van der Waals surface area contributed by atoms with Crippen LogP contribution in [0.4, 0.5) is 4.79 Å². The molecule has 5 nitrogen and oxygen atoms in total. The lowest BCUT2D eigenvalue weighted by Crippen LogP contribution is -2.41. The van der Waals surface area contributed by atoms with E-state index in [-0.39, 0.29) is 12.3 Å². The third kappa shape index (κ3) is 3.82. The Morgan fingerprint density at radius 1 is 1.14 bits per heavy atom. The highest BCUT2D eigenvalue weighted by atomic mass is 79.9. The zero-order chi connectivity index (χ0) is 19.5. The largest absolute Gasteiger partial charge is 0.505 e. The minimum absolute atomic E-state index is 0.175. The van der Waals surface area contributed by atoms with Crippen molar-refractivity contribution in [3.63, 3.8) is 0 Å². The van der Waals surface area contributed by atoms with Gasteiger partial charge in [-0.2, -0.15) is 10.1 Å². The third-order valence-corrected chi connectivity index (χ3v) is 5.09. The number of nitrogens with zero attached hydrogens (tertiary/aromatic N) is 2. The highest BCUT2D eigenvalue weighted by Gasteiger charge is 2.35. The molecule has 2 aromatic rings. The van der Waals surface area contributed by atoms with Gasteiger partial charge in [-0.15, -0.1) is 0 Å². The second-order valence-electron chi connectivity index (χ2n) is 6.46. The van der Waals surface area contributed by atoms with Crippen LogP contribution >= 0.6 is 15.9 Å². The SMILES string of the molecule is C[C@@H](OC(=O)NC1=[N+]2C=CC=CC2N=C1c1ccc(Br)cc1)c1ccccc1. The first kappa shape index (κ1) is 18.4. The van der Waals surface area contributed by atoms with Crippen molar-refractivity contribution in [3.05, 3.63) is 94.6 Å². The molecule has 2 heterocycles. The number of alkyl carbamates (subject to hydrolysis) is 1. The molecule has 0 aliphatic carbocycles. The second-order valence-corrected chi connectivity index (χ2v) is 7.38. The number of rotatable bonds is 3. The first-order valence-electron chi connectivity index (χ1n) is 8.99. The van der Waals surface area contributed by atoms with Crippen LogP contribution in [0.2, 0.25) is 0 Å². The lowest BCUT2D eigenvalue weighted by Gasteiger charge is -2.12. The number of aliphatic imine (C=N–C) groups is 1. The van der Waals surface area contributed by atoms with Crippen LogP contribution in [-0.4, -0.2) is 28.4 Å². The molecular weight excluding hydrogens is 418 g/mol. The van der Waals surface area contributed by atoms with Crippen LogP contribution in [0.5, 0.6) is 0 Å². The molecular formula is C22H19BrN3O2+. The Balaban J connectivity index is 1.57. The zero-order valence-corrected chi connectivity index (χ0v) is 16.8. The monoisotopic (exact) mass is 436 g/mol. The fourth-order valence-corrected chi connectivity index (χ4v) is 3.40. The summed E-state index contributed by atoms with van der Waals surface area (Å²) < 4.78 is 8.49. The fourth-order valence-electron chi connectivity index (χ4n) is 3.14. The van der Waals surface area contributed by atoms with Gasteiger partial charge in [0.2, 0.25) is 6.17 Å². The van der Waals surface area contributed by atoms with Crippen LogP contribution in [0.3, 0.4) is 0 Å². The van der Waals surface area contributed by atoms with Crippen LogP contribution in [0.15, 0.2) is 88.5 Å². The van der Waals surface area contributed by atoms with Crippen LogP contribution < -0.4 is 5.32 Å². The number of ether oxygens (including phenoxy) is 1. The second kappa shape index (κ2) is 7.94. The fraction of sp³-hybridized carbons (Fsp3) is 0.136. The van der Waals surface area contributed by atoms with Crippen LogP contribution in [0.1, 0.15) is 24.2 Å². The number of amides is 1. The van der Waals surface area contributed by atoms with Gasteiger partial charge in [0.05, 0.1) is 6.20 Å². The molecule has 0 radical (unpaired) electrons. The van der Waals surface area contributed by atoms with Crippen molar-refractivity contribution in [1.82, 2.24) is 5.32 Å². The summed E-state index contributed by atoms with van der Waals surface area (Å²) in [6, 6.07) is 17.5. The number of carbonyl (C=O) groups is 1. The predicted octanol–water partition coefficient (Wildman–Crippen LogP) is 4.56. The van der Waals surface area contributed by atoms with E-state index in [2.05, 4.69) is 21.2 Å². The molecule has 1 unspecified atom stereocenters. The maximum absolute atomic E-state index is 12.6. The molecule has 0 spiro atoms. The molecule has 4 rings (SSSR count). The highest BCUT2D eigenvalue weighted by molar-refractivity contribution is 9.10. The Kier molecular flexibility index (Phi) is 5.21. The van der Waals surface area contributed by atoms with Crippen molar-refractivity contribution < 1.29 is 14.1 Å². The Morgan fingerprint density at radius 2 is 1.89 bits per heavy atom. The van der Waals surface area contributed by atoms with Crippen LogP contribution in [-0.2, 0) is 4.74 Å². The number of benzene rings is 2. The molecule has 0 fully saturated rings. The van der Waals surface area contributed by atoms with Crippen molar-refractivity contribution in [2.45, 2.75) is 19.2 Å². The lowest BCUT2D eigenvalue weighted by molar-refractivity contribution is -0.482. The van der Waals surface area contributed by atoms with Gasteiger partial charge in [-0.25, -0.2) is 9.57 Å². The topological polar surface area (TPSA) is 53.7 Å². The third-order valence-electron chi connectivity index (χ3n) is 4.56. The summed E-state index contributed by atoms with van der Waals surface area (Å²) in [5.41, 5.74) is 2.58. The van der Waals surface area contributed by atoms with Crippen LogP contribution in [0.25, 0.3) is 0 Å². The van der Waals surface area contributed by atoms with E-state index in [0.29, 0.717) is 5.84 Å². The van der Waals surface area contributed by atoms with Gasteiger partial charge in [0.1, 0.15) is 6.10 Å². The van der Waals surface area contributed by atoms with Gasteiger partial charge >= 0.3 is 11.9 Å². The van der Waals surface area contributed by atoms with E-state index in [9.17, 15) is 4.79 Å². The summed E-state index contributed by atoms with van der Waals surface area (Å²) in [5, 5.41) is 2.90. The predicted molar refractivity (Wildman–Crippen MR) is 112 cm³/mol. The molecule has 2 aromatic carbocycles. The number of carbonyl (C=O) groups excluding carboxylic acids is 1. The van der Waals surface area contributed by atoms with Gasteiger partial charge < -0.3 is 4.74 Å².